The standard InChI is InChI=1S/C18H21NO/c1-2-4-16(5-3-1)17-9-6-15(7-10-17)8-11-18-14-19-12-13-20-18/h1-7,9-10,18-19H,8,11-14H2. The first kappa shape index (κ1) is 13.3. The Morgan fingerprint density at radius 2 is 1.70 bits per heavy atom. The lowest BCUT2D eigenvalue weighted by molar-refractivity contribution is 0.0238. The van der Waals surface area contributed by atoms with Gasteiger partial charge in [-0.1, -0.05) is 54.6 Å². The summed E-state index contributed by atoms with van der Waals surface area (Å²) in [5, 5.41) is 3.38. The molecule has 2 nitrogen and oxygen atoms in total. The maximum Gasteiger partial charge on any atom is 0.0703 e. The molecule has 3 rings (SSSR count). The van der Waals surface area contributed by atoms with Gasteiger partial charge in [0, 0.05) is 13.1 Å². The maximum absolute atomic E-state index is 5.73. The molecule has 1 saturated heterocycles. The van der Waals surface area contributed by atoms with Crippen LogP contribution in [0.25, 0.3) is 11.1 Å². The third-order valence-corrected chi connectivity index (χ3v) is 3.82. The van der Waals surface area contributed by atoms with Crippen LogP contribution in [0.1, 0.15) is 12.0 Å². The molecule has 0 aromatic heterocycles. The second-order valence-electron chi connectivity index (χ2n) is 5.30. The van der Waals surface area contributed by atoms with Crippen molar-refractivity contribution >= 4 is 0 Å². The molecule has 1 aliphatic rings. The molecule has 1 unspecified atom stereocenters. The first-order chi connectivity index (χ1) is 9.92. The van der Waals surface area contributed by atoms with Crippen LogP contribution in [0.15, 0.2) is 54.6 Å². The van der Waals surface area contributed by atoms with Crippen molar-refractivity contribution in [3.63, 3.8) is 0 Å². The summed E-state index contributed by atoms with van der Waals surface area (Å²) in [6.07, 6.45) is 2.55. The summed E-state index contributed by atoms with van der Waals surface area (Å²) in [6.45, 7) is 2.82. The molecule has 104 valence electrons. The Hall–Kier alpha value is -1.64. The average molecular weight is 267 g/mol. The lowest BCUT2D eigenvalue weighted by atomic mass is 10.0. The van der Waals surface area contributed by atoms with Gasteiger partial charge < -0.3 is 10.1 Å². The zero-order chi connectivity index (χ0) is 13.6. The van der Waals surface area contributed by atoms with E-state index in [1.165, 1.54) is 16.7 Å². The van der Waals surface area contributed by atoms with E-state index in [9.17, 15) is 0 Å². The van der Waals surface area contributed by atoms with Gasteiger partial charge in [0.05, 0.1) is 12.7 Å². The predicted octanol–water partition coefficient (Wildman–Crippen LogP) is 3.27. The third kappa shape index (κ3) is 3.47. The van der Waals surface area contributed by atoms with Gasteiger partial charge in [0.15, 0.2) is 0 Å². The Morgan fingerprint density at radius 3 is 2.40 bits per heavy atom. The molecule has 0 radical (unpaired) electrons. The fourth-order valence-corrected chi connectivity index (χ4v) is 2.63. The summed E-state index contributed by atoms with van der Waals surface area (Å²) in [5.74, 6) is 0. The molecule has 1 aliphatic heterocycles. The largest absolute Gasteiger partial charge is 0.376 e. The molecule has 0 aliphatic carbocycles. The molecule has 2 aromatic rings. The monoisotopic (exact) mass is 267 g/mol. The van der Waals surface area contributed by atoms with E-state index in [4.69, 9.17) is 4.74 Å². The van der Waals surface area contributed by atoms with E-state index in [1.807, 2.05) is 0 Å². The highest BCUT2D eigenvalue weighted by atomic mass is 16.5. The molecular weight excluding hydrogens is 246 g/mol. The van der Waals surface area contributed by atoms with E-state index >= 15 is 0 Å². The van der Waals surface area contributed by atoms with Crippen molar-refractivity contribution in [1.29, 1.82) is 0 Å². The van der Waals surface area contributed by atoms with Crippen LogP contribution in [0.5, 0.6) is 0 Å². The number of nitrogens with one attached hydrogen (secondary N) is 1. The van der Waals surface area contributed by atoms with Crippen LogP contribution in [-0.4, -0.2) is 25.8 Å². The number of aryl methyl sites for hydroxylation is 1. The van der Waals surface area contributed by atoms with Gasteiger partial charge in [-0.05, 0) is 29.5 Å². The third-order valence-electron chi connectivity index (χ3n) is 3.82. The maximum atomic E-state index is 5.73. The Balaban J connectivity index is 1.58. The number of hydrogen-bond acceptors (Lipinski definition) is 2. The summed E-state index contributed by atoms with van der Waals surface area (Å²) >= 11 is 0. The minimum absolute atomic E-state index is 0.373. The molecule has 0 saturated carbocycles. The van der Waals surface area contributed by atoms with E-state index in [2.05, 4.69) is 59.9 Å². The van der Waals surface area contributed by atoms with Crippen molar-refractivity contribution in [3.05, 3.63) is 60.2 Å². The zero-order valence-electron chi connectivity index (χ0n) is 11.7. The quantitative estimate of drug-likeness (QED) is 0.918. The Bertz CT molecular complexity index is 515. The van der Waals surface area contributed by atoms with Gasteiger partial charge in [-0.3, -0.25) is 0 Å². The fraction of sp³-hybridized carbons (Fsp3) is 0.333. The highest BCUT2D eigenvalue weighted by Gasteiger charge is 2.12. The topological polar surface area (TPSA) is 21.3 Å². The van der Waals surface area contributed by atoms with Gasteiger partial charge >= 0.3 is 0 Å². The van der Waals surface area contributed by atoms with Crippen molar-refractivity contribution < 1.29 is 4.74 Å². The summed E-state index contributed by atoms with van der Waals surface area (Å²) < 4.78 is 5.73. The van der Waals surface area contributed by atoms with Crippen LogP contribution in [0, 0.1) is 0 Å². The molecule has 0 spiro atoms. The van der Waals surface area contributed by atoms with E-state index in [0.29, 0.717) is 6.10 Å². The van der Waals surface area contributed by atoms with Crippen molar-refractivity contribution in [3.8, 4) is 11.1 Å². The minimum Gasteiger partial charge on any atom is -0.376 e. The summed E-state index contributed by atoms with van der Waals surface area (Å²) in [7, 11) is 0. The fourth-order valence-electron chi connectivity index (χ4n) is 2.63. The number of morpholine rings is 1. The Kier molecular flexibility index (Phi) is 4.46. The summed E-state index contributed by atoms with van der Waals surface area (Å²) in [6, 6.07) is 19.4. The minimum atomic E-state index is 0.373. The van der Waals surface area contributed by atoms with Gasteiger partial charge in [-0.25, -0.2) is 0 Å². The zero-order valence-corrected chi connectivity index (χ0v) is 11.7. The highest BCUT2D eigenvalue weighted by molar-refractivity contribution is 5.63. The van der Waals surface area contributed by atoms with Gasteiger partial charge in [-0.2, -0.15) is 0 Å². The molecule has 1 N–H and O–H groups in total. The number of hydrogen-bond donors (Lipinski definition) is 1. The molecule has 0 bridgehead atoms. The average Bonchev–Trinajstić information content (AvgIpc) is 2.55. The van der Waals surface area contributed by atoms with Crippen molar-refractivity contribution in [2.75, 3.05) is 19.7 Å². The molecule has 2 aromatic carbocycles. The normalized spacial score (nSPS) is 18.9. The van der Waals surface area contributed by atoms with E-state index < -0.39 is 0 Å². The summed E-state index contributed by atoms with van der Waals surface area (Å²) in [5.41, 5.74) is 3.95. The van der Waals surface area contributed by atoms with Crippen molar-refractivity contribution in [2.45, 2.75) is 18.9 Å². The van der Waals surface area contributed by atoms with Gasteiger partial charge in [0.1, 0.15) is 0 Å². The van der Waals surface area contributed by atoms with Crippen LogP contribution >= 0.6 is 0 Å². The number of rotatable bonds is 4. The van der Waals surface area contributed by atoms with E-state index in [-0.39, 0.29) is 0 Å². The molecule has 1 heterocycles. The first-order valence-corrected chi connectivity index (χ1v) is 7.38. The van der Waals surface area contributed by atoms with Gasteiger partial charge in [-0.15, -0.1) is 0 Å². The number of benzene rings is 2. The first-order valence-electron chi connectivity index (χ1n) is 7.38. The van der Waals surface area contributed by atoms with Crippen LogP contribution < -0.4 is 5.32 Å². The van der Waals surface area contributed by atoms with E-state index in [0.717, 1.165) is 32.5 Å². The smallest absolute Gasteiger partial charge is 0.0703 e. The van der Waals surface area contributed by atoms with Crippen molar-refractivity contribution in [1.82, 2.24) is 5.32 Å². The molecule has 0 amide bonds. The van der Waals surface area contributed by atoms with Crippen LogP contribution in [-0.2, 0) is 11.2 Å². The van der Waals surface area contributed by atoms with E-state index in [1.54, 1.807) is 0 Å². The Morgan fingerprint density at radius 1 is 0.950 bits per heavy atom. The van der Waals surface area contributed by atoms with Crippen LogP contribution in [0.4, 0.5) is 0 Å². The van der Waals surface area contributed by atoms with Gasteiger partial charge in [0.25, 0.3) is 0 Å². The second-order valence-corrected chi connectivity index (χ2v) is 5.30. The summed E-state index contributed by atoms with van der Waals surface area (Å²) in [4.78, 5) is 0. The highest BCUT2D eigenvalue weighted by Crippen LogP contribution is 2.20. The molecule has 2 heteroatoms. The lowest BCUT2D eigenvalue weighted by Gasteiger charge is -2.23. The SMILES string of the molecule is c1ccc(-c2ccc(CCC3CNCCO3)cc2)cc1. The molecule has 1 fully saturated rings. The molecule has 20 heavy (non-hydrogen) atoms. The van der Waals surface area contributed by atoms with Gasteiger partial charge in [0.2, 0.25) is 0 Å². The Labute approximate surface area is 120 Å². The predicted molar refractivity (Wildman–Crippen MR) is 82.8 cm³/mol. The van der Waals surface area contributed by atoms with Crippen molar-refractivity contribution in [2.24, 2.45) is 0 Å². The lowest BCUT2D eigenvalue weighted by Crippen LogP contribution is -2.38. The molecule has 1 atom stereocenters. The van der Waals surface area contributed by atoms with Crippen LogP contribution in [0.3, 0.4) is 0 Å². The second kappa shape index (κ2) is 6.69. The number of ether oxygens (including phenoxy) is 1. The molecular formula is C18H21NO. The van der Waals surface area contributed by atoms with Crippen LogP contribution in [0.2, 0.25) is 0 Å².